The van der Waals surface area contributed by atoms with E-state index in [1.54, 1.807) is 13.2 Å². The Morgan fingerprint density at radius 1 is 0.930 bits per heavy atom. The number of carbonyl (C=O) groups is 2. The molecule has 3 fully saturated rings. The normalized spacial score (nSPS) is 20.7. The standard InChI is InChI=1S/C41H49N5O6S.C2H6O2/c1-44(2)53(49,50)43-39(47)29-14-16-33-36(22-29)46-26-41(42-30-18-20-45(21-19-30)40(48)52-25-27-10-6-4-7-11-27)24-35(41)34-23-31(51-3)15-17-32(34)38(46)37(33)28-12-8-5-9-13-28;3-1-2-4/h4,6-7,10-11,14-17,22-23,28,30,35,42H,5,8-9,12-13,18-21,24-26H2,1-3H3,(H,43,47);3-4H,1-2H2. The van der Waals surface area contributed by atoms with Gasteiger partial charge < -0.3 is 34.5 Å². The van der Waals surface area contributed by atoms with Crippen molar-refractivity contribution in [3.63, 3.8) is 0 Å². The van der Waals surface area contributed by atoms with Gasteiger partial charge in [-0.1, -0.05) is 55.7 Å². The first-order valence-electron chi connectivity index (χ1n) is 20.0. The van der Waals surface area contributed by atoms with Crippen LogP contribution in [-0.2, 0) is 28.1 Å². The molecule has 3 aromatic carbocycles. The Kier molecular flexibility index (Phi) is 12.3. The molecule has 306 valence electrons. The lowest BCUT2D eigenvalue weighted by atomic mass is 9.81. The Morgan fingerprint density at radius 3 is 2.32 bits per heavy atom. The first kappa shape index (κ1) is 40.7. The van der Waals surface area contributed by atoms with Gasteiger partial charge in [0.05, 0.1) is 26.0 Å². The summed E-state index contributed by atoms with van der Waals surface area (Å²) in [6, 6.07) is 22.1. The van der Waals surface area contributed by atoms with Gasteiger partial charge in [0.1, 0.15) is 12.4 Å². The van der Waals surface area contributed by atoms with Gasteiger partial charge in [0, 0.05) is 73.3 Å². The maximum absolute atomic E-state index is 13.4. The molecule has 2 saturated carbocycles. The topological polar surface area (TPSA) is 163 Å². The monoisotopic (exact) mass is 801 g/mol. The van der Waals surface area contributed by atoms with Crippen LogP contribution in [0.15, 0.2) is 66.7 Å². The molecule has 1 aromatic heterocycles. The molecule has 13 nitrogen and oxygen atoms in total. The molecule has 2 atom stereocenters. The highest BCUT2D eigenvalue weighted by Gasteiger charge is 2.58. The number of hydrogen-bond acceptors (Lipinski definition) is 9. The van der Waals surface area contributed by atoms with Crippen molar-refractivity contribution in [3.8, 4) is 17.0 Å². The maximum atomic E-state index is 13.4. The number of fused-ring (bicyclic) bond motifs is 7. The number of hydrogen-bond donors (Lipinski definition) is 4. The second-order valence-electron chi connectivity index (χ2n) is 15.9. The minimum absolute atomic E-state index is 0.125. The minimum atomic E-state index is -3.96. The molecule has 3 heterocycles. The van der Waals surface area contributed by atoms with E-state index in [-0.39, 0.29) is 43.4 Å². The fourth-order valence-corrected chi connectivity index (χ4v) is 9.55. The van der Waals surface area contributed by atoms with Crippen LogP contribution in [0.5, 0.6) is 5.75 Å². The van der Waals surface area contributed by atoms with Crippen molar-refractivity contribution in [2.75, 3.05) is 47.5 Å². The van der Waals surface area contributed by atoms with Crippen molar-refractivity contribution >= 4 is 33.1 Å². The van der Waals surface area contributed by atoms with Gasteiger partial charge in [-0.25, -0.2) is 9.52 Å². The zero-order valence-corrected chi connectivity index (χ0v) is 33.9. The smallest absolute Gasteiger partial charge is 0.410 e. The number of aromatic nitrogens is 1. The molecule has 2 aliphatic heterocycles. The zero-order valence-electron chi connectivity index (χ0n) is 33.1. The van der Waals surface area contributed by atoms with Crippen molar-refractivity contribution in [2.24, 2.45) is 0 Å². The van der Waals surface area contributed by atoms with Crippen LogP contribution in [0.25, 0.3) is 22.2 Å². The Morgan fingerprint density at radius 2 is 1.65 bits per heavy atom. The highest BCUT2D eigenvalue weighted by molar-refractivity contribution is 7.87. The second kappa shape index (κ2) is 17.2. The minimum Gasteiger partial charge on any atom is -0.497 e. The molecular formula is C43H55N5O8S. The number of nitrogens with one attached hydrogen (secondary N) is 2. The highest BCUT2D eigenvalue weighted by Crippen LogP contribution is 2.60. The lowest BCUT2D eigenvalue weighted by Crippen LogP contribution is -2.50. The largest absolute Gasteiger partial charge is 0.497 e. The third kappa shape index (κ3) is 8.56. The molecule has 4 aliphatic rings. The third-order valence-corrected chi connectivity index (χ3v) is 13.4. The van der Waals surface area contributed by atoms with E-state index in [1.165, 1.54) is 55.7 Å². The number of aliphatic hydroxyl groups excluding tert-OH is 2. The Balaban J connectivity index is 0.00000119. The number of methoxy groups -OCH3 is 1. The van der Waals surface area contributed by atoms with E-state index in [9.17, 15) is 18.0 Å². The molecule has 2 aliphatic carbocycles. The summed E-state index contributed by atoms with van der Waals surface area (Å²) >= 11 is 0. The van der Waals surface area contributed by atoms with Crippen LogP contribution in [0.1, 0.15) is 90.3 Å². The van der Waals surface area contributed by atoms with Gasteiger partial charge in [0.2, 0.25) is 0 Å². The summed E-state index contributed by atoms with van der Waals surface area (Å²) in [6.07, 6.45) is 8.13. The van der Waals surface area contributed by atoms with E-state index >= 15 is 0 Å². The fraction of sp³-hybridized carbons (Fsp3) is 0.488. The van der Waals surface area contributed by atoms with Crippen LogP contribution in [-0.4, -0.2) is 103 Å². The van der Waals surface area contributed by atoms with Crippen LogP contribution in [0.3, 0.4) is 0 Å². The van der Waals surface area contributed by atoms with E-state index in [4.69, 9.17) is 19.7 Å². The van der Waals surface area contributed by atoms with Crippen LogP contribution >= 0.6 is 0 Å². The first-order chi connectivity index (χ1) is 27.5. The van der Waals surface area contributed by atoms with E-state index in [0.717, 1.165) is 58.6 Å². The van der Waals surface area contributed by atoms with Gasteiger partial charge in [-0.05, 0) is 85.0 Å². The average Bonchev–Trinajstić information content (AvgIpc) is 3.86. The van der Waals surface area contributed by atoms with Crippen LogP contribution in [0.4, 0.5) is 4.79 Å². The quantitative estimate of drug-likeness (QED) is 0.162. The number of nitrogens with zero attached hydrogens (tertiary/aromatic N) is 3. The molecule has 4 N–H and O–H groups in total. The summed E-state index contributed by atoms with van der Waals surface area (Å²) in [5, 5.41) is 20.5. The number of ether oxygens (including phenoxy) is 2. The zero-order chi connectivity index (χ0) is 40.3. The van der Waals surface area contributed by atoms with E-state index in [1.807, 2.05) is 53.4 Å². The number of amides is 2. The summed E-state index contributed by atoms with van der Waals surface area (Å²) in [5.74, 6) is 0.819. The molecule has 4 aromatic rings. The molecule has 0 spiro atoms. The summed E-state index contributed by atoms with van der Waals surface area (Å²) < 4.78 is 42.3. The van der Waals surface area contributed by atoms with Gasteiger partial charge in [0.25, 0.3) is 5.91 Å². The molecule has 0 radical (unpaired) electrons. The molecule has 2 amide bonds. The Hall–Kier alpha value is -4.47. The SMILES string of the molecule is COc1ccc2c(c1)C1CC1(NC1CCN(C(=O)OCc3ccccc3)CC1)Cn1c-2c(C2CCCCC2)c2ccc(C(=O)NS(=O)(=O)N(C)C)cc21.OCCO. The van der Waals surface area contributed by atoms with Crippen LogP contribution in [0, 0.1) is 0 Å². The summed E-state index contributed by atoms with van der Waals surface area (Å²) in [4.78, 5) is 28.2. The number of carbonyl (C=O) groups excluding carboxylic acids is 2. The van der Waals surface area contributed by atoms with E-state index < -0.39 is 16.1 Å². The Labute approximate surface area is 335 Å². The molecule has 14 heteroatoms. The lowest BCUT2D eigenvalue weighted by Gasteiger charge is -2.35. The Bertz CT molecular complexity index is 2180. The fourth-order valence-electron chi connectivity index (χ4n) is 9.01. The van der Waals surface area contributed by atoms with Gasteiger partial charge in [-0.3, -0.25) is 4.79 Å². The highest BCUT2D eigenvalue weighted by atomic mass is 32.2. The lowest BCUT2D eigenvalue weighted by molar-refractivity contribution is 0.0839. The second-order valence-corrected chi connectivity index (χ2v) is 17.8. The molecule has 57 heavy (non-hydrogen) atoms. The van der Waals surface area contributed by atoms with Crippen molar-refractivity contribution in [1.29, 1.82) is 0 Å². The number of benzene rings is 3. The van der Waals surface area contributed by atoms with Crippen molar-refractivity contribution < 1.29 is 37.7 Å². The van der Waals surface area contributed by atoms with Crippen molar-refractivity contribution in [2.45, 2.75) is 87.9 Å². The van der Waals surface area contributed by atoms with Gasteiger partial charge in [-0.15, -0.1) is 0 Å². The summed E-state index contributed by atoms with van der Waals surface area (Å²) in [6.45, 7) is 1.95. The first-order valence-corrected chi connectivity index (χ1v) is 21.5. The van der Waals surface area contributed by atoms with Crippen LogP contribution < -0.4 is 14.8 Å². The summed E-state index contributed by atoms with van der Waals surface area (Å²) in [5.41, 5.74) is 6.98. The molecular weight excluding hydrogens is 747 g/mol. The van der Waals surface area contributed by atoms with Gasteiger partial charge >= 0.3 is 16.3 Å². The predicted octanol–water partition coefficient (Wildman–Crippen LogP) is 5.50. The molecule has 8 rings (SSSR count). The predicted molar refractivity (Wildman–Crippen MR) is 218 cm³/mol. The van der Waals surface area contributed by atoms with Crippen molar-refractivity contribution in [3.05, 3.63) is 89.0 Å². The molecule has 1 saturated heterocycles. The average molecular weight is 802 g/mol. The van der Waals surface area contributed by atoms with Crippen LogP contribution in [0.2, 0.25) is 0 Å². The summed E-state index contributed by atoms with van der Waals surface area (Å²) in [7, 11) is 0.545. The van der Waals surface area contributed by atoms with E-state index in [0.29, 0.717) is 31.1 Å². The molecule has 2 unspecified atom stereocenters. The molecule has 0 bridgehead atoms. The van der Waals surface area contributed by atoms with Gasteiger partial charge in [0.15, 0.2) is 0 Å². The number of aliphatic hydroxyl groups is 2. The number of rotatable bonds is 10. The maximum Gasteiger partial charge on any atom is 0.410 e. The van der Waals surface area contributed by atoms with Crippen molar-refractivity contribution in [1.82, 2.24) is 23.8 Å². The third-order valence-electron chi connectivity index (χ3n) is 12.0. The number of likely N-dealkylation sites (tertiary alicyclic amines) is 1. The van der Waals surface area contributed by atoms with E-state index in [2.05, 4.69) is 26.7 Å². The van der Waals surface area contributed by atoms with Gasteiger partial charge in [-0.2, -0.15) is 12.7 Å². The number of piperidine rings is 1.